The number of aryl methyl sites for hydroxylation is 2. The van der Waals surface area contributed by atoms with Crippen LogP contribution in [0.15, 0.2) is 54.7 Å². The summed E-state index contributed by atoms with van der Waals surface area (Å²) >= 11 is 0. The predicted octanol–water partition coefficient (Wildman–Crippen LogP) is 5.94. The highest BCUT2D eigenvalue weighted by Gasteiger charge is 2.45. The Labute approximate surface area is 212 Å². The van der Waals surface area contributed by atoms with Crippen LogP contribution in [0, 0.1) is 25.7 Å². The molecule has 2 heterocycles. The standard InChI is InChI=1S/C30H33NO5/c1-19-12-25(36-17-21-8-10-34-11-9-21)13-20(2)29(19)23-5-3-4-22(14-23)18-35-24-6-7-28(31-16-24)26-15-27(26)30(32)33/h3-7,12-14,16,21,26-27H,8-11,15,17-18H2,1-2H3,(H,32,33)/t26-,27-/m0/s1. The molecule has 1 saturated carbocycles. The van der Waals surface area contributed by atoms with Crippen molar-refractivity contribution < 1.29 is 24.1 Å². The Morgan fingerprint density at radius 3 is 2.47 bits per heavy atom. The minimum absolute atomic E-state index is 0.0263. The zero-order chi connectivity index (χ0) is 25.1. The maximum Gasteiger partial charge on any atom is 0.307 e. The van der Waals surface area contributed by atoms with Crippen LogP contribution in [-0.2, 0) is 16.1 Å². The molecule has 0 amide bonds. The second-order valence-electron chi connectivity index (χ2n) is 9.99. The monoisotopic (exact) mass is 487 g/mol. The summed E-state index contributed by atoms with van der Waals surface area (Å²) in [6.45, 7) is 7.11. The topological polar surface area (TPSA) is 77.9 Å². The fourth-order valence-electron chi connectivity index (χ4n) is 5.06. The maximum absolute atomic E-state index is 11.1. The zero-order valence-electron chi connectivity index (χ0n) is 20.9. The molecule has 1 aliphatic carbocycles. The van der Waals surface area contributed by atoms with E-state index in [1.807, 2.05) is 12.1 Å². The van der Waals surface area contributed by atoms with Gasteiger partial charge in [-0.05, 0) is 97.2 Å². The van der Waals surface area contributed by atoms with E-state index >= 15 is 0 Å². The van der Waals surface area contributed by atoms with Crippen LogP contribution >= 0.6 is 0 Å². The highest BCUT2D eigenvalue weighted by molar-refractivity contribution is 5.75. The lowest BCUT2D eigenvalue weighted by molar-refractivity contribution is -0.138. The molecule has 5 rings (SSSR count). The number of hydrogen-bond donors (Lipinski definition) is 1. The van der Waals surface area contributed by atoms with Gasteiger partial charge in [-0.1, -0.05) is 18.2 Å². The number of hydrogen-bond acceptors (Lipinski definition) is 5. The third-order valence-corrected chi connectivity index (χ3v) is 7.20. The van der Waals surface area contributed by atoms with E-state index in [1.54, 1.807) is 6.20 Å². The molecule has 36 heavy (non-hydrogen) atoms. The van der Waals surface area contributed by atoms with Gasteiger partial charge in [0.15, 0.2) is 0 Å². The SMILES string of the molecule is Cc1cc(OCC2CCOCC2)cc(C)c1-c1cccc(COc2ccc([C@H]3C[C@@H]3C(=O)O)nc2)c1. The lowest BCUT2D eigenvalue weighted by Crippen LogP contribution is -2.21. The van der Waals surface area contributed by atoms with Crippen molar-refractivity contribution in [2.24, 2.45) is 11.8 Å². The van der Waals surface area contributed by atoms with Crippen LogP contribution in [0.1, 0.15) is 47.6 Å². The third-order valence-electron chi connectivity index (χ3n) is 7.20. The molecule has 0 unspecified atom stereocenters. The molecule has 2 aliphatic rings. The van der Waals surface area contributed by atoms with E-state index in [0.717, 1.165) is 55.2 Å². The van der Waals surface area contributed by atoms with Gasteiger partial charge in [0.2, 0.25) is 0 Å². The first-order valence-electron chi connectivity index (χ1n) is 12.7. The van der Waals surface area contributed by atoms with Crippen molar-refractivity contribution in [3.8, 4) is 22.6 Å². The maximum atomic E-state index is 11.1. The molecule has 1 aliphatic heterocycles. The van der Waals surface area contributed by atoms with E-state index < -0.39 is 5.97 Å². The van der Waals surface area contributed by atoms with Gasteiger partial charge < -0.3 is 19.3 Å². The largest absolute Gasteiger partial charge is 0.493 e. The molecule has 6 heteroatoms. The number of carboxylic acid groups (broad SMARTS) is 1. The van der Waals surface area contributed by atoms with Crippen molar-refractivity contribution in [3.63, 3.8) is 0 Å². The second kappa shape index (κ2) is 10.7. The number of nitrogens with zero attached hydrogens (tertiary/aromatic N) is 1. The van der Waals surface area contributed by atoms with Gasteiger partial charge in [-0.2, -0.15) is 0 Å². The molecular formula is C30H33NO5. The van der Waals surface area contributed by atoms with Crippen molar-refractivity contribution in [3.05, 3.63) is 77.1 Å². The van der Waals surface area contributed by atoms with Crippen LogP contribution in [0.3, 0.4) is 0 Å². The van der Waals surface area contributed by atoms with Gasteiger partial charge >= 0.3 is 5.97 Å². The molecule has 0 bridgehead atoms. The molecule has 1 saturated heterocycles. The van der Waals surface area contributed by atoms with E-state index in [4.69, 9.17) is 19.3 Å². The number of benzene rings is 2. The van der Waals surface area contributed by atoms with Crippen molar-refractivity contribution in [1.82, 2.24) is 4.98 Å². The number of carboxylic acids is 1. The Kier molecular flexibility index (Phi) is 7.23. The lowest BCUT2D eigenvalue weighted by atomic mass is 9.94. The number of ether oxygens (including phenoxy) is 3. The Balaban J connectivity index is 1.22. The third kappa shape index (κ3) is 5.71. The van der Waals surface area contributed by atoms with E-state index in [0.29, 0.717) is 24.7 Å². The Bertz CT molecular complexity index is 1190. The van der Waals surface area contributed by atoms with Gasteiger partial charge in [-0.25, -0.2) is 0 Å². The summed E-state index contributed by atoms with van der Waals surface area (Å²) in [7, 11) is 0. The molecule has 1 N–H and O–H groups in total. The second-order valence-corrected chi connectivity index (χ2v) is 9.99. The first-order valence-corrected chi connectivity index (χ1v) is 12.7. The fraction of sp³-hybridized carbons (Fsp3) is 0.400. The van der Waals surface area contributed by atoms with Gasteiger partial charge in [0.1, 0.15) is 18.1 Å². The normalized spacial score (nSPS) is 19.6. The summed E-state index contributed by atoms with van der Waals surface area (Å²) in [4.78, 5) is 15.5. The van der Waals surface area contributed by atoms with Crippen LogP contribution in [0.4, 0.5) is 0 Å². The molecule has 2 fully saturated rings. The first-order chi connectivity index (χ1) is 17.5. The van der Waals surface area contributed by atoms with Crippen molar-refractivity contribution >= 4 is 5.97 Å². The summed E-state index contributed by atoms with van der Waals surface area (Å²) in [6, 6.07) is 16.4. The number of carbonyl (C=O) groups is 1. The van der Waals surface area contributed by atoms with Gasteiger partial charge in [0, 0.05) is 24.8 Å². The Hall–Kier alpha value is -3.38. The molecule has 188 valence electrons. The Morgan fingerprint density at radius 1 is 1.03 bits per heavy atom. The minimum Gasteiger partial charge on any atom is -0.493 e. The first kappa shape index (κ1) is 24.3. The molecule has 0 spiro atoms. The average molecular weight is 488 g/mol. The molecule has 2 atom stereocenters. The number of pyridine rings is 1. The van der Waals surface area contributed by atoms with Crippen molar-refractivity contribution in [1.29, 1.82) is 0 Å². The quantitative estimate of drug-likeness (QED) is 0.403. The van der Waals surface area contributed by atoms with Crippen molar-refractivity contribution in [2.45, 2.75) is 45.6 Å². The molecular weight excluding hydrogens is 454 g/mol. The van der Waals surface area contributed by atoms with E-state index in [2.05, 4.69) is 55.2 Å². The lowest BCUT2D eigenvalue weighted by Gasteiger charge is -2.22. The van der Waals surface area contributed by atoms with E-state index in [1.165, 1.54) is 16.7 Å². The van der Waals surface area contributed by atoms with E-state index in [-0.39, 0.29) is 11.8 Å². The van der Waals surface area contributed by atoms with Gasteiger partial charge in [0.25, 0.3) is 0 Å². The van der Waals surface area contributed by atoms with Crippen LogP contribution in [0.5, 0.6) is 11.5 Å². The number of aliphatic carboxylic acids is 1. The van der Waals surface area contributed by atoms with Crippen LogP contribution in [0.25, 0.3) is 11.1 Å². The highest BCUT2D eigenvalue weighted by atomic mass is 16.5. The highest BCUT2D eigenvalue weighted by Crippen LogP contribution is 2.46. The number of rotatable bonds is 9. The Morgan fingerprint density at radius 2 is 1.81 bits per heavy atom. The minimum atomic E-state index is -0.746. The molecule has 6 nitrogen and oxygen atoms in total. The number of aromatic nitrogens is 1. The smallest absolute Gasteiger partial charge is 0.307 e. The summed E-state index contributed by atoms with van der Waals surface area (Å²) in [6.07, 6.45) is 4.48. The van der Waals surface area contributed by atoms with Gasteiger partial charge in [0.05, 0.1) is 18.7 Å². The zero-order valence-corrected chi connectivity index (χ0v) is 20.9. The average Bonchev–Trinajstić information content (AvgIpc) is 3.69. The summed E-state index contributed by atoms with van der Waals surface area (Å²) in [5.41, 5.74) is 6.65. The predicted molar refractivity (Wildman–Crippen MR) is 137 cm³/mol. The summed E-state index contributed by atoms with van der Waals surface area (Å²) in [5, 5.41) is 9.11. The molecule has 0 radical (unpaired) electrons. The van der Waals surface area contributed by atoms with Crippen molar-refractivity contribution in [2.75, 3.05) is 19.8 Å². The van der Waals surface area contributed by atoms with E-state index in [9.17, 15) is 4.79 Å². The van der Waals surface area contributed by atoms with Crippen LogP contribution < -0.4 is 9.47 Å². The molecule has 2 aromatic carbocycles. The molecule has 1 aromatic heterocycles. The van der Waals surface area contributed by atoms with Crippen LogP contribution in [0.2, 0.25) is 0 Å². The van der Waals surface area contributed by atoms with Gasteiger partial charge in [-0.3, -0.25) is 9.78 Å². The summed E-state index contributed by atoms with van der Waals surface area (Å²) in [5.74, 6) is 1.15. The fourth-order valence-corrected chi connectivity index (χ4v) is 5.06. The van der Waals surface area contributed by atoms with Gasteiger partial charge in [-0.15, -0.1) is 0 Å². The summed E-state index contributed by atoms with van der Waals surface area (Å²) < 4.78 is 17.6. The van der Waals surface area contributed by atoms with Crippen LogP contribution in [-0.4, -0.2) is 35.9 Å². The molecule has 3 aromatic rings.